The van der Waals surface area contributed by atoms with Gasteiger partial charge in [0.1, 0.15) is 11.4 Å². The van der Waals surface area contributed by atoms with E-state index in [1.807, 2.05) is 13.1 Å². The zero-order valence-corrected chi connectivity index (χ0v) is 17.1. The highest BCUT2D eigenvalue weighted by molar-refractivity contribution is 6.33. The Morgan fingerprint density at radius 3 is 2.70 bits per heavy atom. The van der Waals surface area contributed by atoms with Crippen LogP contribution in [0.3, 0.4) is 0 Å². The predicted octanol–water partition coefficient (Wildman–Crippen LogP) is 3.76. The average Bonchev–Trinajstić information content (AvgIpc) is 3.13. The van der Waals surface area contributed by atoms with Gasteiger partial charge in [-0.3, -0.25) is 9.59 Å². The van der Waals surface area contributed by atoms with Gasteiger partial charge in [-0.1, -0.05) is 11.6 Å². The number of halogens is 2. The maximum atomic E-state index is 13.2. The molecule has 0 saturated heterocycles. The number of amides is 2. The number of nitrogens with one attached hydrogen (secondary N) is 2. The molecule has 0 unspecified atom stereocenters. The Labute approximate surface area is 177 Å². The average molecular weight is 430 g/mol. The van der Waals surface area contributed by atoms with Crippen LogP contribution in [-0.4, -0.2) is 32.5 Å². The van der Waals surface area contributed by atoms with Crippen LogP contribution in [0.4, 0.5) is 10.1 Å². The summed E-state index contributed by atoms with van der Waals surface area (Å²) >= 11 is 5.98. The van der Waals surface area contributed by atoms with Gasteiger partial charge < -0.3 is 10.6 Å². The van der Waals surface area contributed by atoms with Crippen LogP contribution >= 0.6 is 11.6 Å². The van der Waals surface area contributed by atoms with Gasteiger partial charge in [-0.15, -0.1) is 0 Å². The molecule has 0 aliphatic heterocycles. The van der Waals surface area contributed by atoms with Crippen molar-refractivity contribution in [2.75, 3.05) is 5.32 Å². The zero-order valence-electron chi connectivity index (χ0n) is 16.4. The molecule has 0 atom stereocenters. The molecular weight excluding hydrogens is 409 g/mol. The van der Waals surface area contributed by atoms with Crippen LogP contribution in [0.5, 0.6) is 0 Å². The highest BCUT2D eigenvalue weighted by Gasteiger charge is 2.28. The number of carbonyl (C=O) groups excluding carboxylic acids is 2. The Bertz CT molecular complexity index is 1110. The molecule has 2 amide bonds. The van der Waals surface area contributed by atoms with E-state index >= 15 is 0 Å². The molecule has 30 heavy (non-hydrogen) atoms. The summed E-state index contributed by atoms with van der Waals surface area (Å²) in [6.07, 6.45) is 7.69. The van der Waals surface area contributed by atoms with Crippen molar-refractivity contribution >= 4 is 34.7 Å². The number of aromatic nitrogens is 3. The van der Waals surface area contributed by atoms with Gasteiger partial charge in [0.25, 0.3) is 5.91 Å². The fourth-order valence-electron chi connectivity index (χ4n) is 3.72. The summed E-state index contributed by atoms with van der Waals surface area (Å²) in [5.74, 6) is -0.991. The topological polar surface area (TPSA) is 88.4 Å². The van der Waals surface area contributed by atoms with Gasteiger partial charge in [-0.25, -0.2) is 13.9 Å². The second-order valence-electron chi connectivity index (χ2n) is 7.59. The fourth-order valence-corrected chi connectivity index (χ4v) is 3.93. The molecule has 0 spiro atoms. The number of hydrogen-bond acceptors (Lipinski definition) is 4. The van der Waals surface area contributed by atoms with Gasteiger partial charge in [-0.05, 0) is 56.4 Å². The van der Waals surface area contributed by atoms with E-state index in [2.05, 4.69) is 20.7 Å². The molecule has 4 rings (SSSR count). The monoisotopic (exact) mass is 429 g/mol. The Hall–Kier alpha value is -3.00. The van der Waals surface area contributed by atoms with E-state index in [-0.39, 0.29) is 28.8 Å². The van der Waals surface area contributed by atoms with Crippen LogP contribution in [0.2, 0.25) is 5.02 Å². The third-order valence-electron chi connectivity index (χ3n) is 5.35. The molecule has 1 fully saturated rings. The molecule has 1 aromatic carbocycles. The quantitative estimate of drug-likeness (QED) is 0.661. The first kappa shape index (κ1) is 20.3. The molecule has 3 aromatic rings. The van der Waals surface area contributed by atoms with E-state index in [1.165, 1.54) is 24.4 Å². The molecule has 7 nitrogen and oxygen atoms in total. The summed E-state index contributed by atoms with van der Waals surface area (Å²) in [7, 11) is 0. The minimum absolute atomic E-state index is 0.0173. The van der Waals surface area contributed by atoms with Gasteiger partial charge >= 0.3 is 0 Å². The summed E-state index contributed by atoms with van der Waals surface area (Å²) in [6, 6.07) is 3.86. The molecule has 2 heterocycles. The summed E-state index contributed by atoms with van der Waals surface area (Å²) in [5.41, 5.74) is 2.30. The number of rotatable bonds is 4. The van der Waals surface area contributed by atoms with Gasteiger partial charge in [0.05, 0.1) is 16.9 Å². The summed E-state index contributed by atoms with van der Waals surface area (Å²) in [5, 5.41) is 10.1. The molecule has 1 saturated carbocycles. The summed E-state index contributed by atoms with van der Waals surface area (Å²) in [4.78, 5) is 29.5. The number of hydrogen-bond donors (Lipinski definition) is 2. The molecular formula is C21H21ClFN5O2. The van der Waals surface area contributed by atoms with Gasteiger partial charge in [0.15, 0.2) is 5.65 Å². The smallest absolute Gasteiger partial charge is 0.256 e. The van der Waals surface area contributed by atoms with Crippen LogP contribution in [0.25, 0.3) is 5.65 Å². The van der Waals surface area contributed by atoms with Crippen molar-refractivity contribution in [3.05, 3.63) is 58.8 Å². The number of anilines is 1. The van der Waals surface area contributed by atoms with Crippen molar-refractivity contribution in [2.24, 2.45) is 5.92 Å². The van der Waals surface area contributed by atoms with Crippen molar-refractivity contribution in [3.8, 4) is 0 Å². The Morgan fingerprint density at radius 2 is 1.97 bits per heavy atom. The number of benzene rings is 1. The lowest BCUT2D eigenvalue weighted by Crippen LogP contribution is -2.39. The van der Waals surface area contributed by atoms with Gasteiger partial charge in [0.2, 0.25) is 5.91 Å². The van der Waals surface area contributed by atoms with E-state index in [1.54, 1.807) is 10.7 Å². The number of nitrogens with zero attached hydrogens (tertiary/aromatic N) is 3. The first-order chi connectivity index (χ1) is 14.4. The van der Waals surface area contributed by atoms with Crippen molar-refractivity contribution < 1.29 is 14.0 Å². The van der Waals surface area contributed by atoms with E-state index in [9.17, 15) is 14.0 Å². The van der Waals surface area contributed by atoms with Crippen LogP contribution in [-0.2, 0) is 4.79 Å². The number of carbonyl (C=O) groups is 2. The lowest BCUT2D eigenvalue weighted by Gasteiger charge is -2.28. The van der Waals surface area contributed by atoms with Crippen molar-refractivity contribution in [2.45, 2.75) is 38.6 Å². The molecule has 2 aromatic heterocycles. The Balaban J connectivity index is 1.32. The number of aryl methyl sites for hydroxylation is 1. The Kier molecular flexibility index (Phi) is 5.67. The SMILES string of the molecule is Cc1cnc2c(C(=O)NC3CCC(C(=O)Nc4ccc(F)cc4Cl)CC3)cnn2c1. The van der Waals surface area contributed by atoms with Crippen LogP contribution in [0.15, 0.2) is 36.8 Å². The predicted molar refractivity (Wildman–Crippen MR) is 111 cm³/mol. The maximum Gasteiger partial charge on any atom is 0.256 e. The highest BCUT2D eigenvalue weighted by Crippen LogP contribution is 2.28. The molecule has 0 radical (unpaired) electrons. The minimum atomic E-state index is -0.453. The van der Waals surface area contributed by atoms with E-state index in [4.69, 9.17) is 11.6 Å². The van der Waals surface area contributed by atoms with Gasteiger partial charge in [-0.2, -0.15) is 5.10 Å². The standard InChI is InChI=1S/C21H21ClFN5O2/c1-12-9-24-19-16(10-25-28(19)11-12)21(30)26-15-5-2-13(3-6-15)20(29)27-18-7-4-14(23)8-17(18)22/h4,7-11,13,15H,2-3,5-6H2,1H3,(H,26,30)(H,27,29). The van der Waals surface area contributed by atoms with Gasteiger partial charge in [0, 0.05) is 24.4 Å². The third-order valence-corrected chi connectivity index (χ3v) is 5.67. The molecule has 1 aliphatic carbocycles. The summed E-state index contributed by atoms with van der Waals surface area (Å²) in [6.45, 7) is 1.91. The van der Waals surface area contributed by atoms with Crippen LogP contribution < -0.4 is 10.6 Å². The van der Waals surface area contributed by atoms with Crippen LogP contribution in [0, 0.1) is 18.7 Å². The Morgan fingerprint density at radius 1 is 1.20 bits per heavy atom. The van der Waals surface area contributed by atoms with Crippen molar-refractivity contribution in [3.63, 3.8) is 0 Å². The normalized spacial score (nSPS) is 18.9. The molecule has 1 aliphatic rings. The van der Waals surface area contributed by atoms with E-state index in [0.717, 1.165) is 5.56 Å². The maximum absolute atomic E-state index is 13.2. The first-order valence-corrected chi connectivity index (χ1v) is 10.2. The highest BCUT2D eigenvalue weighted by atomic mass is 35.5. The molecule has 0 bridgehead atoms. The third kappa shape index (κ3) is 4.28. The molecule has 9 heteroatoms. The van der Waals surface area contributed by atoms with Crippen LogP contribution in [0.1, 0.15) is 41.6 Å². The molecule has 2 N–H and O–H groups in total. The summed E-state index contributed by atoms with van der Waals surface area (Å²) < 4.78 is 14.7. The fraction of sp³-hybridized carbons (Fsp3) is 0.333. The van der Waals surface area contributed by atoms with Crippen molar-refractivity contribution in [1.29, 1.82) is 0 Å². The lowest BCUT2D eigenvalue weighted by molar-refractivity contribution is -0.120. The van der Waals surface area contributed by atoms with Crippen molar-refractivity contribution in [1.82, 2.24) is 19.9 Å². The second-order valence-corrected chi connectivity index (χ2v) is 8.00. The van der Waals surface area contributed by atoms with E-state index in [0.29, 0.717) is 42.6 Å². The first-order valence-electron chi connectivity index (χ1n) is 9.77. The largest absolute Gasteiger partial charge is 0.349 e. The number of fused-ring (bicyclic) bond motifs is 1. The second kappa shape index (κ2) is 8.39. The minimum Gasteiger partial charge on any atom is -0.349 e. The molecule has 156 valence electrons. The lowest BCUT2D eigenvalue weighted by atomic mass is 9.85. The van der Waals surface area contributed by atoms with E-state index < -0.39 is 5.82 Å². The zero-order chi connectivity index (χ0) is 21.3.